The van der Waals surface area contributed by atoms with Crippen LogP contribution in [0.2, 0.25) is 0 Å². The van der Waals surface area contributed by atoms with Gasteiger partial charge in [0.05, 0.1) is 20.8 Å². The number of hydrogen-bond donors (Lipinski definition) is 0. The lowest BCUT2D eigenvalue weighted by Crippen LogP contribution is -2.34. The van der Waals surface area contributed by atoms with Gasteiger partial charge in [0.25, 0.3) is 0 Å². The van der Waals surface area contributed by atoms with Gasteiger partial charge >= 0.3 is 0 Å². The lowest BCUT2D eigenvalue weighted by atomic mass is 9.98. The van der Waals surface area contributed by atoms with Gasteiger partial charge in [0.15, 0.2) is 11.5 Å². The number of ketones is 1. The average Bonchev–Trinajstić information content (AvgIpc) is 2.45. The second kappa shape index (κ2) is 6.06. The zero-order valence-corrected chi connectivity index (χ0v) is 11.9. The molecule has 0 aromatic heterocycles. The van der Waals surface area contributed by atoms with Gasteiger partial charge < -0.3 is 9.47 Å². The summed E-state index contributed by atoms with van der Waals surface area (Å²) in [6, 6.07) is 4.07. The summed E-state index contributed by atoms with van der Waals surface area (Å²) in [7, 11) is 3.30. The molecule has 0 saturated carbocycles. The van der Waals surface area contributed by atoms with Gasteiger partial charge in [-0.3, -0.25) is 9.69 Å². The highest BCUT2D eigenvalue weighted by Gasteiger charge is 2.20. The van der Waals surface area contributed by atoms with Crippen LogP contribution in [0.5, 0.6) is 11.5 Å². The van der Waals surface area contributed by atoms with Crippen LogP contribution in [-0.2, 0) is 17.8 Å². The van der Waals surface area contributed by atoms with E-state index >= 15 is 0 Å². The van der Waals surface area contributed by atoms with Crippen molar-refractivity contribution in [2.45, 2.75) is 26.3 Å². The minimum atomic E-state index is 0.295. The third-order valence-electron chi connectivity index (χ3n) is 3.59. The van der Waals surface area contributed by atoms with Crippen molar-refractivity contribution in [2.75, 3.05) is 27.3 Å². The molecule has 0 fully saturated rings. The Morgan fingerprint density at radius 1 is 1.21 bits per heavy atom. The van der Waals surface area contributed by atoms with E-state index < -0.39 is 0 Å². The molecule has 0 aliphatic carbocycles. The van der Waals surface area contributed by atoms with E-state index in [9.17, 15) is 4.79 Å². The van der Waals surface area contributed by atoms with E-state index in [0.717, 1.165) is 31.0 Å². The molecule has 1 aliphatic rings. The lowest BCUT2D eigenvalue weighted by molar-refractivity contribution is -0.120. The second-order valence-corrected chi connectivity index (χ2v) is 4.83. The summed E-state index contributed by atoms with van der Waals surface area (Å²) in [6.07, 6.45) is 1.56. The molecule has 0 radical (unpaired) electrons. The number of rotatable bonds is 5. The van der Waals surface area contributed by atoms with Gasteiger partial charge in [-0.25, -0.2) is 0 Å². The first-order chi connectivity index (χ1) is 9.17. The van der Waals surface area contributed by atoms with Crippen LogP contribution in [0.3, 0.4) is 0 Å². The fourth-order valence-corrected chi connectivity index (χ4v) is 2.44. The maximum absolute atomic E-state index is 11.5. The Bertz CT molecular complexity index is 471. The molecule has 1 aromatic rings. The summed E-state index contributed by atoms with van der Waals surface area (Å²) in [5, 5.41) is 0. The smallest absolute Gasteiger partial charge is 0.161 e. The van der Waals surface area contributed by atoms with E-state index in [1.54, 1.807) is 14.2 Å². The van der Waals surface area contributed by atoms with Gasteiger partial charge in [-0.15, -0.1) is 0 Å². The quantitative estimate of drug-likeness (QED) is 0.815. The molecule has 0 spiro atoms. The maximum Gasteiger partial charge on any atom is 0.161 e. The molecule has 2 rings (SSSR count). The van der Waals surface area contributed by atoms with Crippen LogP contribution in [-0.4, -0.2) is 38.0 Å². The largest absolute Gasteiger partial charge is 0.493 e. The van der Waals surface area contributed by atoms with E-state index in [-0.39, 0.29) is 0 Å². The SMILES string of the molecule is CCC(=O)CN1CCc2cc(OC)c(OC)cc2C1. The lowest BCUT2D eigenvalue weighted by Gasteiger charge is -2.28. The summed E-state index contributed by atoms with van der Waals surface area (Å²) in [4.78, 5) is 13.7. The number of benzene rings is 1. The number of hydrogen-bond acceptors (Lipinski definition) is 4. The third-order valence-corrected chi connectivity index (χ3v) is 3.59. The van der Waals surface area contributed by atoms with Crippen LogP contribution in [0.1, 0.15) is 24.5 Å². The number of nitrogens with zero attached hydrogens (tertiary/aromatic N) is 1. The number of methoxy groups -OCH3 is 2. The second-order valence-electron chi connectivity index (χ2n) is 4.83. The number of fused-ring (bicyclic) bond motifs is 1. The van der Waals surface area contributed by atoms with Crippen LogP contribution in [0.15, 0.2) is 12.1 Å². The van der Waals surface area contributed by atoms with E-state index in [1.165, 1.54) is 11.1 Å². The number of carbonyl (C=O) groups excluding carboxylic acids is 1. The van der Waals surface area contributed by atoms with Gasteiger partial charge in [0.2, 0.25) is 0 Å². The van der Waals surface area contributed by atoms with Gasteiger partial charge in [-0.2, -0.15) is 0 Å². The van der Waals surface area contributed by atoms with Crippen molar-refractivity contribution in [1.82, 2.24) is 4.90 Å². The summed E-state index contributed by atoms with van der Waals surface area (Å²) in [5.41, 5.74) is 2.52. The molecule has 1 aromatic carbocycles. The molecule has 0 amide bonds. The summed E-state index contributed by atoms with van der Waals surface area (Å²) in [5.74, 6) is 1.83. The Morgan fingerprint density at radius 3 is 2.42 bits per heavy atom. The van der Waals surface area contributed by atoms with Gasteiger partial charge in [0.1, 0.15) is 5.78 Å². The molecule has 4 heteroatoms. The average molecular weight is 263 g/mol. The molecule has 4 nitrogen and oxygen atoms in total. The highest BCUT2D eigenvalue weighted by atomic mass is 16.5. The Hall–Kier alpha value is -1.55. The normalized spacial score (nSPS) is 14.9. The van der Waals surface area contributed by atoms with Crippen LogP contribution in [0.4, 0.5) is 0 Å². The molecule has 0 N–H and O–H groups in total. The molecular weight excluding hydrogens is 242 g/mol. The fraction of sp³-hybridized carbons (Fsp3) is 0.533. The molecule has 19 heavy (non-hydrogen) atoms. The first-order valence-electron chi connectivity index (χ1n) is 6.65. The Labute approximate surface area is 114 Å². The molecule has 0 unspecified atom stereocenters. The van der Waals surface area contributed by atoms with E-state index in [0.29, 0.717) is 18.7 Å². The highest BCUT2D eigenvalue weighted by molar-refractivity contribution is 5.80. The first kappa shape index (κ1) is 13.9. The molecule has 1 heterocycles. The zero-order chi connectivity index (χ0) is 13.8. The third kappa shape index (κ3) is 3.07. The number of ether oxygens (including phenoxy) is 2. The Balaban J connectivity index is 2.18. The van der Waals surface area contributed by atoms with Gasteiger partial charge in [-0.1, -0.05) is 6.92 Å². The Morgan fingerprint density at radius 2 is 1.84 bits per heavy atom. The summed E-state index contributed by atoms with van der Waals surface area (Å²) >= 11 is 0. The van der Waals surface area contributed by atoms with Crippen molar-refractivity contribution in [3.8, 4) is 11.5 Å². The van der Waals surface area contributed by atoms with Crippen LogP contribution >= 0.6 is 0 Å². The Kier molecular flexibility index (Phi) is 4.43. The molecule has 0 atom stereocenters. The topological polar surface area (TPSA) is 38.8 Å². The standard InChI is InChI=1S/C15H21NO3/c1-4-13(17)10-16-6-5-11-7-14(18-2)15(19-3)8-12(11)9-16/h7-8H,4-6,9-10H2,1-3H3. The minimum Gasteiger partial charge on any atom is -0.493 e. The highest BCUT2D eigenvalue weighted by Crippen LogP contribution is 2.33. The molecule has 1 aliphatic heterocycles. The molecule has 0 bridgehead atoms. The summed E-state index contributed by atoms with van der Waals surface area (Å²) < 4.78 is 10.6. The molecule has 0 saturated heterocycles. The van der Waals surface area contributed by atoms with Crippen molar-refractivity contribution in [3.63, 3.8) is 0 Å². The van der Waals surface area contributed by atoms with Crippen molar-refractivity contribution in [2.24, 2.45) is 0 Å². The van der Waals surface area contributed by atoms with Gasteiger partial charge in [-0.05, 0) is 29.7 Å². The monoisotopic (exact) mass is 263 g/mol. The first-order valence-corrected chi connectivity index (χ1v) is 6.65. The fourth-order valence-electron chi connectivity index (χ4n) is 2.44. The van der Waals surface area contributed by atoms with Crippen molar-refractivity contribution in [1.29, 1.82) is 0 Å². The molecule has 104 valence electrons. The van der Waals surface area contributed by atoms with Crippen molar-refractivity contribution >= 4 is 5.78 Å². The number of carbonyl (C=O) groups is 1. The maximum atomic E-state index is 11.5. The van der Waals surface area contributed by atoms with Crippen LogP contribution < -0.4 is 9.47 Å². The predicted octanol–water partition coefficient (Wildman–Crippen LogP) is 2.04. The molecular formula is C15H21NO3. The van der Waals surface area contributed by atoms with E-state index in [4.69, 9.17) is 9.47 Å². The van der Waals surface area contributed by atoms with E-state index in [2.05, 4.69) is 4.90 Å². The van der Waals surface area contributed by atoms with E-state index in [1.807, 2.05) is 19.1 Å². The minimum absolute atomic E-state index is 0.295. The number of Topliss-reactive ketones (excluding diaryl/α,β-unsaturated/α-hetero) is 1. The van der Waals surface area contributed by atoms with Crippen molar-refractivity contribution < 1.29 is 14.3 Å². The van der Waals surface area contributed by atoms with Crippen LogP contribution in [0.25, 0.3) is 0 Å². The van der Waals surface area contributed by atoms with Gasteiger partial charge in [0, 0.05) is 19.5 Å². The zero-order valence-electron chi connectivity index (χ0n) is 11.9. The van der Waals surface area contributed by atoms with Crippen LogP contribution in [0, 0.1) is 0 Å². The van der Waals surface area contributed by atoms with Crippen molar-refractivity contribution in [3.05, 3.63) is 23.3 Å². The predicted molar refractivity (Wildman–Crippen MR) is 73.8 cm³/mol. The summed E-state index contributed by atoms with van der Waals surface area (Å²) in [6.45, 7) is 4.19.